The summed E-state index contributed by atoms with van der Waals surface area (Å²) in [6.45, 7) is 11.8. The van der Waals surface area contributed by atoms with E-state index in [2.05, 4.69) is 19.2 Å². The number of aryl methyl sites for hydroxylation is 1. The third-order valence-electron chi connectivity index (χ3n) is 3.46. The smallest absolute Gasteiger partial charge is 0.260 e. The molecule has 0 fully saturated rings. The van der Waals surface area contributed by atoms with Crippen molar-refractivity contribution in [2.45, 2.75) is 53.0 Å². The number of hydrogen-bond donors (Lipinski definition) is 1. The second kappa shape index (κ2) is 8.18. The Morgan fingerprint density at radius 2 is 1.88 bits per heavy atom. The minimum Gasteiger partial charge on any atom is -0.483 e. The number of rotatable bonds is 6. The monoisotopic (exact) mass is 334 g/mol. The predicted octanol–water partition coefficient (Wildman–Crippen LogP) is 2.87. The number of carbonyl (C=O) groups excluding carboxylic acids is 2. The molecule has 2 amide bonds. The Bertz CT molecular complexity index is 589. The number of nitrogens with zero attached hydrogens (tertiary/aromatic N) is 1. The third-order valence-corrected chi connectivity index (χ3v) is 3.46. The Kier molecular flexibility index (Phi) is 6.81. The maximum atomic E-state index is 12.2. The highest BCUT2D eigenvalue weighted by molar-refractivity contribution is 5.85. The average molecular weight is 334 g/mol. The van der Waals surface area contributed by atoms with Gasteiger partial charge >= 0.3 is 0 Å². The molecule has 134 valence electrons. The molecule has 1 rings (SSSR count). The average Bonchev–Trinajstić information content (AvgIpc) is 2.42. The lowest BCUT2D eigenvalue weighted by Crippen LogP contribution is -2.47. The molecule has 24 heavy (non-hydrogen) atoms. The van der Waals surface area contributed by atoms with Crippen molar-refractivity contribution in [3.8, 4) is 5.75 Å². The van der Waals surface area contributed by atoms with Gasteiger partial charge in [-0.3, -0.25) is 9.59 Å². The van der Waals surface area contributed by atoms with E-state index in [-0.39, 0.29) is 30.5 Å². The van der Waals surface area contributed by atoms with Crippen LogP contribution in [0, 0.1) is 6.92 Å². The lowest BCUT2D eigenvalue weighted by Gasteiger charge is -2.23. The molecular formula is C19H30N2O3. The van der Waals surface area contributed by atoms with E-state index in [1.807, 2.05) is 45.9 Å². The third kappa shape index (κ3) is 6.60. The summed E-state index contributed by atoms with van der Waals surface area (Å²) in [5.41, 5.74) is 1.84. The van der Waals surface area contributed by atoms with Gasteiger partial charge in [0.05, 0.1) is 6.54 Å². The molecule has 0 bridgehead atoms. The van der Waals surface area contributed by atoms with Crippen LogP contribution in [0.25, 0.3) is 0 Å². The lowest BCUT2D eigenvalue weighted by molar-refractivity contribution is -0.136. The van der Waals surface area contributed by atoms with Crippen LogP contribution >= 0.6 is 0 Å². The van der Waals surface area contributed by atoms with Crippen LogP contribution in [-0.2, 0) is 9.59 Å². The van der Waals surface area contributed by atoms with Gasteiger partial charge in [0, 0.05) is 12.6 Å². The summed E-state index contributed by atoms with van der Waals surface area (Å²) in [6, 6.07) is 6.00. The van der Waals surface area contributed by atoms with Crippen LogP contribution in [0.2, 0.25) is 0 Å². The molecule has 0 atom stereocenters. The van der Waals surface area contributed by atoms with Crippen LogP contribution in [0.5, 0.6) is 5.75 Å². The first-order chi connectivity index (χ1) is 11.0. The predicted molar refractivity (Wildman–Crippen MR) is 96.3 cm³/mol. The summed E-state index contributed by atoms with van der Waals surface area (Å²) in [4.78, 5) is 25.5. The van der Waals surface area contributed by atoms with Gasteiger partial charge in [-0.05, 0) is 50.8 Å². The molecule has 5 heteroatoms. The molecule has 0 saturated heterocycles. The minimum atomic E-state index is -0.314. The summed E-state index contributed by atoms with van der Waals surface area (Å²) < 4.78 is 5.72. The van der Waals surface area contributed by atoms with E-state index in [1.165, 1.54) is 4.90 Å². The normalized spacial score (nSPS) is 11.3. The number of amides is 2. The van der Waals surface area contributed by atoms with E-state index in [9.17, 15) is 9.59 Å². The van der Waals surface area contributed by atoms with E-state index >= 15 is 0 Å². The van der Waals surface area contributed by atoms with Crippen molar-refractivity contribution in [2.75, 3.05) is 20.2 Å². The van der Waals surface area contributed by atoms with Crippen LogP contribution < -0.4 is 10.1 Å². The summed E-state index contributed by atoms with van der Waals surface area (Å²) in [5.74, 6) is 0.629. The number of hydrogen-bond acceptors (Lipinski definition) is 3. The number of carbonyl (C=O) groups is 2. The molecule has 0 spiro atoms. The van der Waals surface area contributed by atoms with Crippen LogP contribution in [0.1, 0.15) is 51.7 Å². The fourth-order valence-electron chi connectivity index (χ4n) is 2.25. The van der Waals surface area contributed by atoms with Gasteiger partial charge in [-0.25, -0.2) is 0 Å². The molecule has 0 aliphatic carbocycles. The minimum absolute atomic E-state index is 0.0182. The summed E-state index contributed by atoms with van der Waals surface area (Å²) in [5, 5.41) is 2.84. The highest BCUT2D eigenvalue weighted by atomic mass is 16.5. The molecular weight excluding hydrogens is 304 g/mol. The van der Waals surface area contributed by atoms with Gasteiger partial charge < -0.3 is 15.0 Å². The first-order valence-corrected chi connectivity index (χ1v) is 8.28. The zero-order valence-corrected chi connectivity index (χ0v) is 15.9. The van der Waals surface area contributed by atoms with E-state index in [1.54, 1.807) is 7.05 Å². The van der Waals surface area contributed by atoms with Gasteiger partial charge in [0.1, 0.15) is 5.75 Å². The molecule has 0 saturated carbocycles. The molecule has 0 unspecified atom stereocenters. The van der Waals surface area contributed by atoms with Gasteiger partial charge in [0.2, 0.25) is 5.91 Å². The standard InChI is InChI=1S/C19H30N2O3/c1-13(2)15-9-8-14(3)10-16(15)24-12-18(23)21(7)11-17(22)20-19(4,5)6/h8-10,13H,11-12H2,1-7H3,(H,20,22). The zero-order chi connectivity index (χ0) is 18.5. The number of likely N-dealkylation sites (N-methyl/N-ethyl adjacent to an activating group) is 1. The fraction of sp³-hybridized carbons (Fsp3) is 0.579. The Balaban J connectivity index is 2.63. The zero-order valence-electron chi connectivity index (χ0n) is 15.9. The summed E-state index contributed by atoms with van der Waals surface area (Å²) in [7, 11) is 1.60. The van der Waals surface area contributed by atoms with Gasteiger partial charge in [-0.2, -0.15) is 0 Å². The number of nitrogens with one attached hydrogen (secondary N) is 1. The van der Waals surface area contributed by atoms with Gasteiger partial charge in [0.15, 0.2) is 6.61 Å². The topological polar surface area (TPSA) is 58.6 Å². The Hall–Kier alpha value is -2.04. The molecule has 0 aromatic heterocycles. The van der Waals surface area contributed by atoms with Crippen LogP contribution in [0.4, 0.5) is 0 Å². The summed E-state index contributed by atoms with van der Waals surface area (Å²) >= 11 is 0. The maximum Gasteiger partial charge on any atom is 0.260 e. The van der Waals surface area contributed by atoms with Crippen LogP contribution in [0.15, 0.2) is 18.2 Å². The fourth-order valence-corrected chi connectivity index (χ4v) is 2.25. The van der Waals surface area contributed by atoms with Crippen molar-refractivity contribution >= 4 is 11.8 Å². The molecule has 0 aliphatic heterocycles. The summed E-state index contributed by atoms with van der Waals surface area (Å²) in [6.07, 6.45) is 0. The molecule has 1 aromatic rings. The lowest BCUT2D eigenvalue weighted by atomic mass is 10.0. The van der Waals surface area contributed by atoms with E-state index in [0.29, 0.717) is 5.92 Å². The molecule has 0 radical (unpaired) electrons. The molecule has 5 nitrogen and oxygen atoms in total. The van der Waals surface area contributed by atoms with Gasteiger partial charge in [-0.15, -0.1) is 0 Å². The van der Waals surface area contributed by atoms with E-state index < -0.39 is 0 Å². The van der Waals surface area contributed by atoms with Gasteiger partial charge in [-0.1, -0.05) is 26.0 Å². The Morgan fingerprint density at radius 1 is 1.25 bits per heavy atom. The van der Waals surface area contributed by atoms with E-state index in [0.717, 1.165) is 16.9 Å². The first-order valence-electron chi connectivity index (χ1n) is 8.28. The molecule has 1 N–H and O–H groups in total. The Morgan fingerprint density at radius 3 is 2.42 bits per heavy atom. The van der Waals surface area contributed by atoms with Crippen molar-refractivity contribution in [1.82, 2.24) is 10.2 Å². The quantitative estimate of drug-likeness (QED) is 0.870. The molecule has 0 aliphatic rings. The second-order valence-electron chi connectivity index (χ2n) is 7.53. The van der Waals surface area contributed by atoms with Gasteiger partial charge in [0.25, 0.3) is 5.91 Å². The maximum absolute atomic E-state index is 12.2. The number of benzene rings is 1. The van der Waals surface area contributed by atoms with Crippen molar-refractivity contribution in [2.24, 2.45) is 0 Å². The number of ether oxygens (including phenoxy) is 1. The largest absolute Gasteiger partial charge is 0.483 e. The van der Waals surface area contributed by atoms with Crippen LogP contribution in [-0.4, -0.2) is 42.5 Å². The van der Waals surface area contributed by atoms with Crippen molar-refractivity contribution in [1.29, 1.82) is 0 Å². The first kappa shape index (κ1) is 20.0. The van der Waals surface area contributed by atoms with E-state index in [4.69, 9.17) is 4.74 Å². The van der Waals surface area contributed by atoms with Crippen LogP contribution in [0.3, 0.4) is 0 Å². The molecule has 1 aromatic carbocycles. The highest BCUT2D eigenvalue weighted by Gasteiger charge is 2.18. The van der Waals surface area contributed by atoms with Crippen molar-refractivity contribution in [3.05, 3.63) is 29.3 Å². The SMILES string of the molecule is Cc1ccc(C(C)C)c(OCC(=O)N(C)CC(=O)NC(C)(C)C)c1. The van der Waals surface area contributed by atoms with Crippen molar-refractivity contribution in [3.63, 3.8) is 0 Å². The van der Waals surface area contributed by atoms with Crippen molar-refractivity contribution < 1.29 is 14.3 Å². The Labute approximate surface area is 145 Å². The second-order valence-corrected chi connectivity index (χ2v) is 7.53. The molecule has 0 heterocycles. The highest BCUT2D eigenvalue weighted by Crippen LogP contribution is 2.27.